The van der Waals surface area contributed by atoms with Crippen molar-refractivity contribution in [1.82, 2.24) is 10.5 Å². The molecule has 1 heterocycles. The van der Waals surface area contributed by atoms with Crippen molar-refractivity contribution < 1.29 is 17.7 Å². The molecule has 0 saturated carbocycles. The summed E-state index contributed by atoms with van der Waals surface area (Å²) in [6, 6.07) is 7.33. The van der Waals surface area contributed by atoms with E-state index in [1.165, 1.54) is 24.3 Å². The smallest absolute Gasteiger partial charge is 0.264 e. The standard InChI is InChI=1S/C16H16N6O4S2/c1-9-10(2)21-26-15(9)22-28(24,25)13-5-3-12(4-6-13)20-16(27)19-8-11(7-17)14(18)23/h3-6,8,22H,1-2H3,(H2,18,23)(H2,19,20,27). The molecule has 0 bridgehead atoms. The van der Waals surface area contributed by atoms with Crippen LogP contribution in [0.4, 0.5) is 11.6 Å². The molecule has 0 saturated heterocycles. The number of thiocarbonyl (C=S) groups is 1. The Balaban J connectivity index is 2.06. The van der Waals surface area contributed by atoms with Gasteiger partial charge in [0.15, 0.2) is 5.11 Å². The topological polar surface area (TPSA) is 163 Å². The van der Waals surface area contributed by atoms with Crippen LogP contribution < -0.4 is 21.1 Å². The Morgan fingerprint density at radius 3 is 2.46 bits per heavy atom. The van der Waals surface area contributed by atoms with E-state index in [0.29, 0.717) is 16.9 Å². The highest BCUT2D eigenvalue weighted by Crippen LogP contribution is 2.22. The number of amides is 1. The summed E-state index contributed by atoms with van der Waals surface area (Å²) in [5, 5.41) is 17.8. The molecule has 2 aromatic rings. The Kier molecular flexibility index (Phi) is 6.34. The molecule has 146 valence electrons. The minimum absolute atomic E-state index is 0.00534. The number of carbonyl (C=O) groups excluding carboxylic acids is 1. The number of nitrogens with one attached hydrogen (secondary N) is 3. The number of nitriles is 1. The molecule has 0 spiro atoms. The lowest BCUT2D eigenvalue weighted by Gasteiger charge is -2.09. The molecule has 28 heavy (non-hydrogen) atoms. The third-order valence-electron chi connectivity index (χ3n) is 3.54. The highest BCUT2D eigenvalue weighted by atomic mass is 32.2. The van der Waals surface area contributed by atoms with Crippen molar-refractivity contribution >= 4 is 44.8 Å². The van der Waals surface area contributed by atoms with Crippen LogP contribution >= 0.6 is 12.2 Å². The molecule has 12 heteroatoms. The van der Waals surface area contributed by atoms with Crippen LogP contribution in [-0.4, -0.2) is 24.6 Å². The first-order valence-electron chi connectivity index (χ1n) is 7.67. The summed E-state index contributed by atoms with van der Waals surface area (Å²) in [6.07, 6.45) is 1.07. The van der Waals surface area contributed by atoms with Crippen LogP contribution in [0.15, 0.2) is 45.5 Å². The van der Waals surface area contributed by atoms with Crippen LogP contribution in [0, 0.1) is 25.2 Å². The quantitative estimate of drug-likeness (QED) is 0.306. The number of rotatable bonds is 6. The average Bonchev–Trinajstić information content (AvgIpc) is 2.94. The van der Waals surface area contributed by atoms with Gasteiger partial charge in [-0.3, -0.25) is 4.79 Å². The number of aryl methyl sites for hydroxylation is 1. The van der Waals surface area contributed by atoms with Crippen LogP contribution in [0.1, 0.15) is 11.3 Å². The fraction of sp³-hybridized carbons (Fsp3) is 0.125. The van der Waals surface area contributed by atoms with Gasteiger partial charge in [-0.25, -0.2) is 13.1 Å². The second-order valence-corrected chi connectivity index (χ2v) is 7.58. The van der Waals surface area contributed by atoms with Gasteiger partial charge < -0.3 is 20.9 Å². The number of nitrogens with two attached hydrogens (primary N) is 1. The first kappa shape index (κ1) is 20.9. The number of hydrogen-bond donors (Lipinski definition) is 4. The molecule has 2 rings (SSSR count). The van der Waals surface area contributed by atoms with Gasteiger partial charge in [0.05, 0.1) is 10.6 Å². The van der Waals surface area contributed by atoms with Crippen LogP contribution in [0.3, 0.4) is 0 Å². The lowest BCUT2D eigenvalue weighted by atomic mass is 10.3. The number of aromatic nitrogens is 1. The summed E-state index contributed by atoms with van der Waals surface area (Å²) in [7, 11) is -3.86. The first-order valence-corrected chi connectivity index (χ1v) is 9.56. The lowest BCUT2D eigenvalue weighted by Crippen LogP contribution is -2.25. The SMILES string of the molecule is Cc1noc(NS(=O)(=O)c2ccc(NC(=S)NC=C(C#N)C(N)=O)cc2)c1C. The summed E-state index contributed by atoms with van der Waals surface area (Å²) >= 11 is 5.02. The van der Waals surface area contributed by atoms with Crippen LogP contribution in [0.25, 0.3) is 0 Å². The van der Waals surface area contributed by atoms with Gasteiger partial charge >= 0.3 is 0 Å². The molecule has 1 amide bonds. The van der Waals surface area contributed by atoms with Crippen molar-refractivity contribution in [1.29, 1.82) is 5.26 Å². The van der Waals surface area contributed by atoms with E-state index in [4.69, 9.17) is 27.7 Å². The molecule has 1 aromatic carbocycles. The van der Waals surface area contributed by atoms with Gasteiger partial charge in [-0.1, -0.05) is 5.16 Å². The van der Waals surface area contributed by atoms with E-state index in [9.17, 15) is 13.2 Å². The molecule has 1 aromatic heterocycles. The molecule has 0 fully saturated rings. The van der Waals surface area contributed by atoms with Gasteiger partial charge in [-0.2, -0.15) is 5.26 Å². The number of primary amides is 1. The average molecular weight is 420 g/mol. The minimum Gasteiger partial charge on any atom is -0.365 e. The summed E-state index contributed by atoms with van der Waals surface area (Å²) in [5.41, 5.74) is 6.37. The van der Waals surface area contributed by atoms with Crippen molar-refractivity contribution in [2.45, 2.75) is 18.7 Å². The van der Waals surface area contributed by atoms with Gasteiger partial charge in [0.2, 0.25) is 5.88 Å². The number of sulfonamides is 1. The zero-order valence-corrected chi connectivity index (χ0v) is 16.4. The van der Waals surface area contributed by atoms with Gasteiger partial charge in [-0.15, -0.1) is 0 Å². The predicted molar refractivity (Wildman–Crippen MR) is 105 cm³/mol. The van der Waals surface area contributed by atoms with E-state index in [0.717, 1.165) is 6.20 Å². The summed E-state index contributed by atoms with van der Waals surface area (Å²) < 4.78 is 32.2. The van der Waals surface area contributed by atoms with Crippen molar-refractivity contribution in [2.24, 2.45) is 5.73 Å². The van der Waals surface area contributed by atoms with Crippen molar-refractivity contribution in [3.05, 3.63) is 47.3 Å². The van der Waals surface area contributed by atoms with E-state index in [2.05, 4.69) is 20.5 Å². The monoisotopic (exact) mass is 420 g/mol. The Bertz CT molecular complexity index is 1080. The summed E-state index contributed by atoms with van der Waals surface area (Å²) in [4.78, 5) is 10.9. The fourth-order valence-corrected chi connectivity index (χ4v) is 3.10. The molecule has 0 aliphatic rings. The second-order valence-electron chi connectivity index (χ2n) is 5.48. The third-order valence-corrected chi connectivity index (χ3v) is 5.11. The van der Waals surface area contributed by atoms with E-state index in [1.807, 2.05) is 0 Å². The van der Waals surface area contributed by atoms with E-state index in [1.54, 1.807) is 19.9 Å². The Morgan fingerprint density at radius 1 is 1.32 bits per heavy atom. The number of hydrogen-bond acceptors (Lipinski definition) is 7. The molecule has 5 N–H and O–H groups in total. The maximum absolute atomic E-state index is 12.4. The van der Waals surface area contributed by atoms with Crippen LogP contribution in [-0.2, 0) is 14.8 Å². The molecule has 10 nitrogen and oxygen atoms in total. The summed E-state index contributed by atoms with van der Waals surface area (Å²) in [6.45, 7) is 3.39. The number of benzene rings is 1. The zero-order chi connectivity index (χ0) is 20.9. The Morgan fingerprint density at radius 2 is 1.96 bits per heavy atom. The van der Waals surface area contributed by atoms with Gasteiger partial charge in [0, 0.05) is 17.5 Å². The molecule has 0 aliphatic heterocycles. The predicted octanol–water partition coefficient (Wildman–Crippen LogP) is 1.27. The summed E-state index contributed by atoms with van der Waals surface area (Å²) in [5.74, 6) is -0.836. The molecular formula is C16H16N6O4S2. The van der Waals surface area contributed by atoms with E-state index in [-0.39, 0.29) is 21.5 Å². The van der Waals surface area contributed by atoms with Gasteiger partial charge in [0.1, 0.15) is 11.6 Å². The maximum atomic E-state index is 12.4. The molecular weight excluding hydrogens is 404 g/mol. The molecule has 0 radical (unpaired) electrons. The normalized spacial score (nSPS) is 11.4. The van der Waals surface area contributed by atoms with E-state index >= 15 is 0 Å². The fourth-order valence-electron chi connectivity index (χ4n) is 1.87. The lowest BCUT2D eigenvalue weighted by molar-refractivity contribution is -0.114. The first-order chi connectivity index (χ1) is 13.1. The highest BCUT2D eigenvalue weighted by Gasteiger charge is 2.19. The molecule has 0 aliphatic carbocycles. The van der Waals surface area contributed by atoms with Crippen LogP contribution in [0.2, 0.25) is 0 Å². The molecule has 0 atom stereocenters. The van der Waals surface area contributed by atoms with Gasteiger partial charge in [0.25, 0.3) is 15.9 Å². The number of anilines is 2. The van der Waals surface area contributed by atoms with Crippen molar-refractivity contribution in [2.75, 3.05) is 10.0 Å². The van der Waals surface area contributed by atoms with Crippen molar-refractivity contribution in [3.63, 3.8) is 0 Å². The highest BCUT2D eigenvalue weighted by molar-refractivity contribution is 7.92. The largest absolute Gasteiger partial charge is 0.365 e. The third kappa shape index (κ3) is 5.06. The maximum Gasteiger partial charge on any atom is 0.264 e. The Hall–Kier alpha value is -3.43. The van der Waals surface area contributed by atoms with Crippen LogP contribution in [0.5, 0.6) is 0 Å². The zero-order valence-electron chi connectivity index (χ0n) is 14.8. The van der Waals surface area contributed by atoms with E-state index < -0.39 is 15.9 Å². The Labute approximate surface area is 166 Å². The number of nitrogens with zero attached hydrogens (tertiary/aromatic N) is 2. The number of carbonyl (C=O) groups is 1. The van der Waals surface area contributed by atoms with Crippen molar-refractivity contribution in [3.8, 4) is 6.07 Å². The molecule has 0 unspecified atom stereocenters. The van der Waals surface area contributed by atoms with Gasteiger partial charge in [-0.05, 0) is 50.3 Å². The second kappa shape index (κ2) is 8.51. The minimum atomic E-state index is -3.86.